The molecular weight excluding hydrogens is 488 g/mol. The predicted molar refractivity (Wildman–Crippen MR) is 174 cm³/mol. The lowest BCUT2D eigenvalue weighted by Gasteiger charge is -2.11. The first kappa shape index (κ1) is 28.1. The molecule has 0 spiro atoms. The lowest BCUT2D eigenvalue weighted by molar-refractivity contribution is 0.815. The van der Waals surface area contributed by atoms with Crippen molar-refractivity contribution >= 4 is 45.4 Å². The predicted octanol–water partition coefficient (Wildman–Crippen LogP) is 9.52. The molecule has 0 unspecified atom stereocenters. The van der Waals surface area contributed by atoms with Crippen LogP contribution in [0, 0.1) is 0 Å². The molecule has 5 heterocycles. The third kappa shape index (κ3) is 4.46. The highest BCUT2D eigenvalue weighted by Gasteiger charge is 2.26. The van der Waals surface area contributed by atoms with Crippen LogP contribution in [0.15, 0.2) is 18.2 Å². The molecule has 3 aromatic rings. The zero-order valence-corrected chi connectivity index (χ0v) is 25.9. The van der Waals surface area contributed by atoms with E-state index in [4.69, 9.17) is 9.97 Å². The van der Waals surface area contributed by atoms with Crippen LogP contribution >= 0.6 is 0 Å². The monoisotopic (exact) mass is 534 g/mol. The molecule has 210 valence electrons. The Morgan fingerprint density at radius 3 is 1.75 bits per heavy atom. The lowest BCUT2D eigenvalue weighted by Crippen LogP contribution is -2.00. The molecule has 4 nitrogen and oxygen atoms in total. The van der Waals surface area contributed by atoms with E-state index in [0.29, 0.717) is 0 Å². The lowest BCUT2D eigenvalue weighted by atomic mass is 9.93. The van der Waals surface area contributed by atoms with Gasteiger partial charge in [-0.05, 0) is 110 Å². The van der Waals surface area contributed by atoms with Crippen LogP contribution in [-0.2, 0) is 38.6 Å². The van der Waals surface area contributed by atoms with Gasteiger partial charge >= 0.3 is 0 Å². The van der Waals surface area contributed by atoms with Crippen LogP contribution in [0.25, 0.3) is 45.4 Å². The van der Waals surface area contributed by atoms with Crippen molar-refractivity contribution in [3.05, 3.63) is 68.8 Å². The van der Waals surface area contributed by atoms with Crippen molar-refractivity contribution in [2.45, 2.75) is 107 Å². The van der Waals surface area contributed by atoms with Crippen LogP contribution in [0.1, 0.15) is 119 Å². The Kier molecular flexibility index (Phi) is 8.16. The zero-order chi connectivity index (χ0) is 28.6. The third-order valence-electron chi connectivity index (χ3n) is 8.85. The van der Waals surface area contributed by atoms with E-state index in [2.05, 4.69) is 95.3 Å². The van der Waals surface area contributed by atoms with Crippen molar-refractivity contribution in [3.8, 4) is 0 Å². The summed E-state index contributed by atoms with van der Waals surface area (Å²) in [6, 6.07) is 6.80. The highest BCUT2D eigenvalue weighted by atomic mass is 15.0. The van der Waals surface area contributed by atoms with E-state index in [-0.39, 0.29) is 0 Å². The van der Waals surface area contributed by atoms with Gasteiger partial charge in [-0.25, -0.2) is 9.97 Å². The normalized spacial score (nSPS) is 13.1. The van der Waals surface area contributed by atoms with Gasteiger partial charge in [-0.2, -0.15) is 0 Å². The number of allylic oxidation sites excluding steroid dienone is 2. The Bertz CT molecular complexity index is 1670. The van der Waals surface area contributed by atoms with Crippen LogP contribution in [0.2, 0.25) is 0 Å². The number of aryl methyl sites for hydroxylation is 6. The first-order valence-corrected chi connectivity index (χ1v) is 15.7. The maximum Gasteiger partial charge on any atom is 0.0725 e. The van der Waals surface area contributed by atoms with Gasteiger partial charge in [0.2, 0.25) is 0 Å². The fraction of sp³-hybridized carbons (Fsp3) is 0.444. The highest BCUT2D eigenvalue weighted by Crippen LogP contribution is 2.41. The summed E-state index contributed by atoms with van der Waals surface area (Å²) >= 11 is 0. The summed E-state index contributed by atoms with van der Waals surface area (Å²) in [4.78, 5) is 14.4. The van der Waals surface area contributed by atoms with Gasteiger partial charge in [0.1, 0.15) is 0 Å². The summed E-state index contributed by atoms with van der Waals surface area (Å²) < 4.78 is 2.55. The van der Waals surface area contributed by atoms with E-state index in [0.717, 1.165) is 68.4 Å². The number of hydrogen-bond donors (Lipinski definition) is 1. The molecule has 0 atom stereocenters. The van der Waals surface area contributed by atoms with Crippen molar-refractivity contribution < 1.29 is 0 Å². The Morgan fingerprint density at radius 1 is 0.600 bits per heavy atom. The van der Waals surface area contributed by atoms with E-state index in [9.17, 15) is 0 Å². The molecule has 0 radical (unpaired) electrons. The molecule has 5 rings (SSSR count). The van der Waals surface area contributed by atoms with Gasteiger partial charge in [0.05, 0.1) is 28.3 Å². The van der Waals surface area contributed by atoms with E-state index in [1.54, 1.807) is 0 Å². The van der Waals surface area contributed by atoms with Gasteiger partial charge in [-0.15, -0.1) is 0 Å². The molecule has 0 aliphatic carbocycles. The first-order chi connectivity index (χ1) is 19.5. The molecule has 0 fully saturated rings. The molecule has 1 N–H and O–H groups in total. The van der Waals surface area contributed by atoms with Gasteiger partial charge in [-0.3, -0.25) is 0 Å². The minimum atomic E-state index is 0.920. The van der Waals surface area contributed by atoms with E-state index >= 15 is 0 Å². The van der Waals surface area contributed by atoms with E-state index in [1.165, 1.54) is 66.9 Å². The van der Waals surface area contributed by atoms with E-state index < -0.39 is 0 Å². The Morgan fingerprint density at radius 2 is 1.20 bits per heavy atom. The fourth-order valence-corrected chi connectivity index (χ4v) is 7.06. The first-order valence-electron chi connectivity index (χ1n) is 15.7. The summed E-state index contributed by atoms with van der Waals surface area (Å²) in [5.74, 6) is 0. The largest absolute Gasteiger partial charge is 0.355 e. The number of H-pyrrole nitrogens is 1. The number of hydrogen-bond acceptors (Lipinski definition) is 2. The standard InChI is InChI=1S/C36H46N4/c1-9-22-19-25-20-23-17-18-24(37-23)21-32-26(10-2)29(13-5)36(40(32)16-8)31(15-7)35-28(12-4)27(11-3)34(39-35)30(14-6)33(22)38-25/h17-21,38H,9-16H2,1-8H3. The van der Waals surface area contributed by atoms with Crippen LogP contribution in [0.3, 0.4) is 0 Å². The molecular formula is C36H46N4. The smallest absolute Gasteiger partial charge is 0.0725 e. The van der Waals surface area contributed by atoms with Crippen LogP contribution in [0.4, 0.5) is 0 Å². The second-order valence-electron chi connectivity index (χ2n) is 10.8. The molecule has 8 bridgehead atoms. The molecule has 0 saturated carbocycles. The highest BCUT2D eigenvalue weighted by molar-refractivity contribution is 5.96. The number of aromatic amines is 1. The third-order valence-corrected chi connectivity index (χ3v) is 8.85. The number of aromatic nitrogens is 4. The topological polar surface area (TPSA) is 46.5 Å². The van der Waals surface area contributed by atoms with Crippen molar-refractivity contribution in [1.82, 2.24) is 19.5 Å². The van der Waals surface area contributed by atoms with Crippen LogP contribution in [-0.4, -0.2) is 19.5 Å². The fourth-order valence-electron chi connectivity index (χ4n) is 7.06. The Labute approximate surface area is 240 Å². The summed E-state index contributed by atoms with van der Waals surface area (Å²) in [5.41, 5.74) is 19.3. The number of nitrogens with zero attached hydrogens (tertiary/aromatic N) is 3. The zero-order valence-electron chi connectivity index (χ0n) is 25.9. The quantitative estimate of drug-likeness (QED) is 0.245. The number of rotatable bonds is 8. The molecule has 3 aromatic heterocycles. The molecule has 0 amide bonds. The number of nitrogens with one attached hydrogen (secondary N) is 1. The van der Waals surface area contributed by atoms with Crippen molar-refractivity contribution in [3.63, 3.8) is 0 Å². The Balaban J connectivity index is 2.13. The summed E-state index contributed by atoms with van der Waals surface area (Å²) in [6.45, 7) is 19.2. The summed E-state index contributed by atoms with van der Waals surface area (Å²) in [7, 11) is 0. The maximum absolute atomic E-state index is 5.61. The molecule has 2 aliphatic rings. The van der Waals surface area contributed by atoms with Gasteiger partial charge in [0, 0.05) is 34.2 Å². The minimum Gasteiger partial charge on any atom is -0.355 e. The summed E-state index contributed by atoms with van der Waals surface area (Å²) in [6.07, 6.45) is 11.2. The maximum atomic E-state index is 5.61. The van der Waals surface area contributed by atoms with Crippen molar-refractivity contribution in [2.24, 2.45) is 0 Å². The molecule has 2 aliphatic heterocycles. The Hall–Kier alpha value is -3.40. The minimum absolute atomic E-state index is 0.920. The van der Waals surface area contributed by atoms with E-state index in [1.807, 2.05) is 0 Å². The van der Waals surface area contributed by atoms with Crippen LogP contribution in [0.5, 0.6) is 0 Å². The summed E-state index contributed by atoms with van der Waals surface area (Å²) in [5, 5.41) is 0. The molecule has 0 aromatic carbocycles. The van der Waals surface area contributed by atoms with Gasteiger partial charge < -0.3 is 9.55 Å². The molecule has 4 heteroatoms. The average molecular weight is 535 g/mol. The van der Waals surface area contributed by atoms with Gasteiger partial charge in [0.25, 0.3) is 0 Å². The van der Waals surface area contributed by atoms with Crippen LogP contribution < -0.4 is 0 Å². The molecule has 0 saturated heterocycles. The molecule has 40 heavy (non-hydrogen) atoms. The van der Waals surface area contributed by atoms with Crippen molar-refractivity contribution in [2.75, 3.05) is 0 Å². The van der Waals surface area contributed by atoms with Gasteiger partial charge in [0.15, 0.2) is 0 Å². The SMILES string of the molecule is CCC1=C(CC)c2nc1c(CC)c1[nH]c(cc3nc(cc4c(CC)c(CC)c(c2CC)n4CC)C=C3)cc1CC. The van der Waals surface area contributed by atoms with Crippen molar-refractivity contribution in [1.29, 1.82) is 0 Å². The average Bonchev–Trinajstić information content (AvgIpc) is 3.73. The van der Waals surface area contributed by atoms with Gasteiger partial charge in [-0.1, -0.05) is 48.5 Å². The number of fused-ring (bicyclic) bond motifs is 8. The second kappa shape index (κ2) is 11.6. The second-order valence-corrected chi connectivity index (χ2v) is 10.8.